The second kappa shape index (κ2) is 5.10. The molecule has 1 unspecified atom stereocenters. The van der Waals surface area contributed by atoms with Gasteiger partial charge in [-0.15, -0.1) is 0 Å². The number of aromatic carboxylic acids is 1. The smallest absolute Gasteiger partial charge is 0.355 e. The zero-order valence-corrected chi connectivity index (χ0v) is 11.8. The summed E-state index contributed by atoms with van der Waals surface area (Å²) in [4.78, 5) is 19.1. The van der Waals surface area contributed by atoms with Crippen LogP contribution in [0.3, 0.4) is 0 Å². The van der Waals surface area contributed by atoms with Crippen LogP contribution in [0.25, 0.3) is 0 Å². The van der Waals surface area contributed by atoms with E-state index < -0.39 is 5.97 Å². The summed E-state index contributed by atoms with van der Waals surface area (Å²) in [6.07, 6.45) is 1.08. The summed E-state index contributed by atoms with van der Waals surface area (Å²) in [5.74, 6) is -0.718. The fourth-order valence-electron chi connectivity index (χ4n) is 1.50. The molecule has 94 valence electrons. The van der Waals surface area contributed by atoms with Gasteiger partial charge in [0.1, 0.15) is 6.10 Å². The number of carboxylic acid groups (broad SMARTS) is 1. The Bertz CT molecular complexity index is 429. The van der Waals surface area contributed by atoms with Crippen molar-refractivity contribution in [2.24, 2.45) is 5.41 Å². The van der Waals surface area contributed by atoms with Gasteiger partial charge in [0.25, 0.3) is 0 Å². The molecule has 0 aliphatic heterocycles. The van der Waals surface area contributed by atoms with Gasteiger partial charge in [0.2, 0.25) is 0 Å². The summed E-state index contributed by atoms with van der Waals surface area (Å²) in [6.45, 7) is 5.94. The third-order valence-electron chi connectivity index (χ3n) is 2.22. The first-order valence-corrected chi connectivity index (χ1v) is 5.85. The largest absolute Gasteiger partial charge is 0.476 e. The first kappa shape index (κ1) is 14.1. The molecule has 1 N–H and O–H groups in total. The molecule has 6 heteroatoms. The highest BCUT2D eigenvalue weighted by Gasteiger charge is 2.29. The number of methoxy groups -OCH3 is 1. The number of rotatable bonds is 3. The molecular formula is C11H15BrN2O3. The third-order valence-corrected chi connectivity index (χ3v) is 2.80. The van der Waals surface area contributed by atoms with Crippen molar-refractivity contribution in [1.82, 2.24) is 9.97 Å². The molecule has 1 atom stereocenters. The zero-order valence-electron chi connectivity index (χ0n) is 10.2. The van der Waals surface area contributed by atoms with Gasteiger partial charge in [-0.25, -0.2) is 14.8 Å². The predicted octanol–water partition coefficient (Wildman–Crippen LogP) is 2.67. The van der Waals surface area contributed by atoms with Crippen molar-refractivity contribution in [1.29, 1.82) is 0 Å². The maximum atomic E-state index is 11.0. The predicted molar refractivity (Wildman–Crippen MR) is 65.9 cm³/mol. The monoisotopic (exact) mass is 302 g/mol. The molecule has 0 radical (unpaired) electrons. The Morgan fingerprint density at radius 3 is 2.53 bits per heavy atom. The molecule has 5 nitrogen and oxygen atoms in total. The Balaban J connectivity index is 3.23. The Morgan fingerprint density at radius 1 is 1.53 bits per heavy atom. The van der Waals surface area contributed by atoms with E-state index >= 15 is 0 Å². The maximum Gasteiger partial charge on any atom is 0.355 e. The topological polar surface area (TPSA) is 72.3 Å². The molecular weight excluding hydrogens is 288 g/mol. The van der Waals surface area contributed by atoms with Crippen molar-refractivity contribution in [3.63, 3.8) is 0 Å². The van der Waals surface area contributed by atoms with Crippen LogP contribution >= 0.6 is 15.9 Å². The SMILES string of the molecule is COC(c1ncc(Br)c(C(=O)O)n1)C(C)(C)C. The molecule has 1 aromatic heterocycles. The van der Waals surface area contributed by atoms with Gasteiger partial charge in [-0.3, -0.25) is 0 Å². The van der Waals surface area contributed by atoms with Crippen LogP contribution in [0.4, 0.5) is 0 Å². The molecule has 0 saturated heterocycles. The normalized spacial score (nSPS) is 13.5. The van der Waals surface area contributed by atoms with E-state index in [-0.39, 0.29) is 17.2 Å². The van der Waals surface area contributed by atoms with Crippen LogP contribution in [0.5, 0.6) is 0 Å². The second-order valence-corrected chi connectivity index (χ2v) is 5.57. The summed E-state index contributed by atoms with van der Waals surface area (Å²) in [7, 11) is 1.56. The third kappa shape index (κ3) is 3.23. The van der Waals surface area contributed by atoms with Crippen molar-refractivity contribution < 1.29 is 14.6 Å². The van der Waals surface area contributed by atoms with E-state index in [1.807, 2.05) is 20.8 Å². The summed E-state index contributed by atoms with van der Waals surface area (Å²) < 4.78 is 5.70. The number of nitrogens with zero attached hydrogens (tertiary/aromatic N) is 2. The summed E-state index contributed by atoms with van der Waals surface area (Å²) in [5, 5.41) is 8.99. The van der Waals surface area contributed by atoms with Crippen LogP contribution in [0.2, 0.25) is 0 Å². The molecule has 0 spiro atoms. The maximum absolute atomic E-state index is 11.0. The highest BCUT2D eigenvalue weighted by atomic mass is 79.9. The van der Waals surface area contributed by atoms with Crippen LogP contribution in [-0.4, -0.2) is 28.2 Å². The van der Waals surface area contributed by atoms with Crippen LogP contribution in [-0.2, 0) is 4.74 Å². The van der Waals surface area contributed by atoms with Gasteiger partial charge in [-0.1, -0.05) is 20.8 Å². The lowest BCUT2D eigenvalue weighted by molar-refractivity contribution is 0.00835. The van der Waals surface area contributed by atoms with Crippen LogP contribution in [0, 0.1) is 5.41 Å². The lowest BCUT2D eigenvalue weighted by atomic mass is 9.88. The number of carboxylic acids is 1. The van der Waals surface area contributed by atoms with E-state index in [1.54, 1.807) is 7.11 Å². The summed E-state index contributed by atoms with van der Waals surface area (Å²) in [6, 6.07) is 0. The van der Waals surface area contributed by atoms with E-state index in [9.17, 15) is 4.79 Å². The van der Waals surface area contributed by atoms with Gasteiger partial charge in [-0.2, -0.15) is 0 Å². The van der Waals surface area contributed by atoms with E-state index in [0.717, 1.165) is 0 Å². The molecule has 0 amide bonds. The molecule has 0 fully saturated rings. The van der Waals surface area contributed by atoms with Crippen molar-refractivity contribution in [3.05, 3.63) is 22.2 Å². The fraction of sp³-hybridized carbons (Fsp3) is 0.545. The van der Waals surface area contributed by atoms with Gasteiger partial charge in [0, 0.05) is 13.3 Å². The Morgan fingerprint density at radius 2 is 2.12 bits per heavy atom. The minimum atomic E-state index is -1.09. The molecule has 1 heterocycles. The van der Waals surface area contributed by atoms with E-state index in [2.05, 4.69) is 25.9 Å². The standard InChI is InChI=1S/C11H15BrN2O3/c1-11(2,3)8(17-4)9-13-5-6(12)7(14-9)10(15)16/h5,8H,1-4H3,(H,15,16). The van der Waals surface area contributed by atoms with Crippen LogP contribution < -0.4 is 0 Å². The highest BCUT2D eigenvalue weighted by Crippen LogP contribution is 2.34. The van der Waals surface area contributed by atoms with E-state index in [1.165, 1.54) is 6.20 Å². The Hall–Kier alpha value is -1.01. The molecule has 0 aliphatic rings. The lowest BCUT2D eigenvalue weighted by Gasteiger charge is -2.28. The van der Waals surface area contributed by atoms with Gasteiger partial charge in [-0.05, 0) is 21.3 Å². The summed E-state index contributed by atoms with van der Waals surface area (Å²) >= 11 is 3.11. The molecule has 0 aliphatic carbocycles. The van der Waals surface area contributed by atoms with Gasteiger partial charge in [0.05, 0.1) is 4.47 Å². The van der Waals surface area contributed by atoms with Crippen molar-refractivity contribution in [2.75, 3.05) is 7.11 Å². The summed E-state index contributed by atoms with van der Waals surface area (Å²) in [5.41, 5.74) is -0.264. The average Bonchev–Trinajstić information content (AvgIpc) is 2.19. The number of ether oxygens (including phenoxy) is 1. The molecule has 17 heavy (non-hydrogen) atoms. The van der Waals surface area contributed by atoms with Crippen molar-refractivity contribution in [2.45, 2.75) is 26.9 Å². The number of carbonyl (C=O) groups is 1. The van der Waals surface area contributed by atoms with Gasteiger partial charge < -0.3 is 9.84 Å². The first-order chi connectivity index (χ1) is 7.77. The number of halogens is 1. The number of hydrogen-bond donors (Lipinski definition) is 1. The van der Waals surface area contributed by atoms with Gasteiger partial charge in [0.15, 0.2) is 11.5 Å². The fourth-order valence-corrected chi connectivity index (χ4v) is 1.86. The van der Waals surface area contributed by atoms with Crippen molar-refractivity contribution >= 4 is 21.9 Å². The number of aromatic nitrogens is 2. The van der Waals surface area contributed by atoms with E-state index in [4.69, 9.17) is 9.84 Å². The van der Waals surface area contributed by atoms with E-state index in [0.29, 0.717) is 10.3 Å². The minimum absolute atomic E-state index is 0.0544. The van der Waals surface area contributed by atoms with Gasteiger partial charge >= 0.3 is 5.97 Å². The molecule has 0 aromatic carbocycles. The number of hydrogen-bond acceptors (Lipinski definition) is 4. The minimum Gasteiger partial charge on any atom is -0.476 e. The first-order valence-electron chi connectivity index (χ1n) is 5.06. The quantitative estimate of drug-likeness (QED) is 0.929. The Kier molecular flexibility index (Phi) is 4.21. The molecule has 0 bridgehead atoms. The second-order valence-electron chi connectivity index (χ2n) is 4.71. The zero-order chi connectivity index (χ0) is 13.2. The molecule has 1 aromatic rings. The molecule has 0 saturated carbocycles. The average molecular weight is 303 g/mol. The molecule has 1 rings (SSSR count). The lowest BCUT2D eigenvalue weighted by Crippen LogP contribution is -2.23. The van der Waals surface area contributed by atoms with Crippen LogP contribution in [0.1, 0.15) is 43.2 Å². The van der Waals surface area contributed by atoms with Crippen LogP contribution in [0.15, 0.2) is 10.7 Å². The highest BCUT2D eigenvalue weighted by molar-refractivity contribution is 9.10. The Labute approximate surface area is 108 Å². The van der Waals surface area contributed by atoms with Crippen molar-refractivity contribution in [3.8, 4) is 0 Å².